The molecule has 0 unspecified atom stereocenters. The summed E-state index contributed by atoms with van der Waals surface area (Å²) < 4.78 is 65.5. The molecule has 3 aromatic rings. The summed E-state index contributed by atoms with van der Waals surface area (Å²) in [6.45, 7) is 8.91. The molecule has 4 nitrogen and oxygen atoms in total. The van der Waals surface area contributed by atoms with Gasteiger partial charge in [0.25, 0.3) is 0 Å². The van der Waals surface area contributed by atoms with Crippen LogP contribution in [-0.2, 0) is 28.4 Å². The van der Waals surface area contributed by atoms with Crippen LogP contribution in [0, 0.1) is 6.92 Å². The summed E-state index contributed by atoms with van der Waals surface area (Å²) in [6, 6.07) is 19.4. The van der Waals surface area contributed by atoms with Gasteiger partial charge in [0.05, 0.1) is 22.1 Å². The molecule has 8 heteroatoms. The second-order valence-electron chi connectivity index (χ2n) is 8.91. The Labute approximate surface area is 191 Å². The lowest BCUT2D eigenvalue weighted by Gasteiger charge is -2.21. The molecule has 1 aliphatic rings. The van der Waals surface area contributed by atoms with Crippen molar-refractivity contribution >= 4 is 10.1 Å². The summed E-state index contributed by atoms with van der Waals surface area (Å²) in [5.41, 5.74) is 2.25. The molecular weight excluding hydrogens is 453 g/mol. The van der Waals surface area contributed by atoms with Crippen LogP contribution in [0.25, 0.3) is 22.5 Å². The van der Waals surface area contributed by atoms with Gasteiger partial charge in [0.15, 0.2) is 10.1 Å². The molecule has 1 aromatic heterocycles. The Bertz CT molecular complexity index is 1260. The molecule has 1 aliphatic carbocycles. The van der Waals surface area contributed by atoms with E-state index in [-0.39, 0.29) is 5.41 Å². The van der Waals surface area contributed by atoms with E-state index in [0.717, 1.165) is 24.4 Å². The van der Waals surface area contributed by atoms with Gasteiger partial charge >= 0.3 is 17.0 Å². The van der Waals surface area contributed by atoms with Crippen molar-refractivity contribution in [2.24, 2.45) is 0 Å². The maximum absolute atomic E-state index is 10.7. The molecule has 0 bridgehead atoms. The summed E-state index contributed by atoms with van der Waals surface area (Å²) in [5, 5.41) is 0. The number of rotatable bonds is 1. The van der Waals surface area contributed by atoms with Gasteiger partial charge in [-0.05, 0) is 57.7 Å². The fourth-order valence-corrected chi connectivity index (χ4v) is 4.08. The molecule has 0 fully saturated rings. The molecule has 4 rings (SSSR count). The van der Waals surface area contributed by atoms with E-state index in [4.69, 9.17) is 17.4 Å². The van der Waals surface area contributed by atoms with Crippen molar-refractivity contribution in [1.29, 1.82) is 0 Å². The predicted octanol–water partition coefficient (Wildman–Crippen LogP) is 6.65. The molecule has 176 valence electrons. The minimum atomic E-state index is -6.09. The lowest BCUT2D eigenvalue weighted by atomic mass is 9.81. The van der Waals surface area contributed by atoms with E-state index < -0.39 is 15.6 Å². The van der Waals surface area contributed by atoms with Crippen molar-refractivity contribution in [3.8, 4) is 22.5 Å². The first kappa shape index (κ1) is 24.9. The van der Waals surface area contributed by atoms with E-state index in [1.807, 2.05) is 0 Å². The first-order valence-corrected chi connectivity index (χ1v) is 11.8. The van der Waals surface area contributed by atoms with Crippen LogP contribution in [0.1, 0.15) is 43.2 Å². The Morgan fingerprint density at radius 3 is 2.00 bits per heavy atom. The molecule has 2 aromatic carbocycles. The van der Waals surface area contributed by atoms with Gasteiger partial charge in [-0.15, -0.1) is 0 Å². The first-order chi connectivity index (χ1) is 15.2. The molecule has 0 amide bonds. The third-order valence-corrected chi connectivity index (χ3v) is 6.00. The zero-order valence-electron chi connectivity index (χ0n) is 18.8. The fraction of sp³-hybridized carbons (Fsp3) is 0.320. The Kier molecular flexibility index (Phi) is 6.73. The van der Waals surface area contributed by atoms with Crippen molar-refractivity contribution in [2.75, 3.05) is 0 Å². The summed E-state index contributed by atoms with van der Waals surface area (Å²) >= 11 is 0. The molecule has 0 spiro atoms. The van der Waals surface area contributed by atoms with Crippen molar-refractivity contribution in [3.05, 3.63) is 77.0 Å². The predicted molar refractivity (Wildman–Crippen MR) is 121 cm³/mol. The standard InChI is InChI=1S/C24H25O.CHF3O3S/c1-16-21(18-11-6-5-7-12-18)20-15-14-17-10-8-9-13-19(17)22(20)25-23(16)24(2,3)4;2-1(3,4)8(5,6)7/h5-13H,14-15H2,1-4H3;(H,5,6,7)/q+1;/p-1. The molecule has 1 heterocycles. The van der Waals surface area contributed by atoms with Gasteiger partial charge in [-0.2, -0.15) is 13.2 Å². The number of aryl methyl sites for hydroxylation is 1. The van der Waals surface area contributed by atoms with E-state index in [2.05, 4.69) is 82.3 Å². The highest BCUT2D eigenvalue weighted by Crippen LogP contribution is 2.44. The zero-order chi connectivity index (χ0) is 24.6. The molecule has 0 N–H and O–H groups in total. The van der Waals surface area contributed by atoms with E-state index in [0.29, 0.717) is 0 Å². The zero-order valence-corrected chi connectivity index (χ0v) is 19.6. The van der Waals surface area contributed by atoms with Gasteiger partial charge in [0.1, 0.15) is 0 Å². The summed E-state index contributed by atoms with van der Waals surface area (Å²) in [4.78, 5) is 0. The van der Waals surface area contributed by atoms with Crippen molar-refractivity contribution in [3.63, 3.8) is 0 Å². The number of benzene rings is 2. The minimum absolute atomic E-state index is 0.0327. The maximum Gasteiger partial charge on any atom is 0.485 e. The number of alkyl halides is 3. The van der Waals surface area contributed by atoms with E-state index >= 15 is 0 Å². The quantitative estimate of drug-likeness (QED) is 0.223. The van der Waals surface area contributed by atoms with Gasteiger partial charge in [-0.3, -0.25) is 0 Å². The maximum atomic E-state index is 10.7. The summed E-state index contributed by atoms with van der Waals surface area (Å²) in [5.74, 6) is 2.15. The van der Waals surface area contributed by atoms with Gasteiger partial charge in [-0.25, -0.2) is 12.8 Å². The monoisotopic (exact) mass is 478 g/mol. The molecule has 0 atom stereocenters. The van der Waals surface area contributed by atoms with Crippen molar-refractivity contribution < 1.29 is 30.6 Å². The molecule has 33 heavy (non-hydrogen) atoms. The SMILES string of the molecule is Cc1c(C(C)(C)C)[o+]c2c(c1-c1ccccc1)CCc1ccccc1-2.O=S(=O)([O-])C(F)(F)F. The van der Waals surface area contributed by atoms with Gasteiger partial charge in [0, 0.05) is 5.56 Å². The van der Waals surface area contributed by atoms with Crippen LogP contribution in [0.2, 0.25) is 0 Å². The molecule has 0 radical (unpaired) electrons. The van der Waals surface area contributed by atoms with Gasteiger partial charge in [0.2, 0.25) is 0 Å². The third-order valence-electron chi connectivity index (χ3n) is 5.43. The van der Waals surface area contributed by atoms with Crippen LogP contribution < -0.4 is 0 Å². The lowest BCUT2D eigenvalue weighted by Crippen LogP contribution is -2.21. The van der Waals surface area contributed by atoms with Crippen molar-refractivity contribution in [1.82, 2.24) is 0 Å². The first-order valence-electron chi connectivity index (χ1n) is 10.4. The second-order valence-corrected chi connectivity index (χ2v) is 10.3. The smallest absolute Gasteiger partial charge is 0.485 e. The fourth-order valence-electron chi connectivity index (χ4n) is 4.08. The Hall–Kier alpha value is -2.71. The lowest BCUT2D eigenvalue weighted by molar-refractivity contribution is -0.0517. The van der Waals surface area contributed by atoms with Crippen molar-refractivity contribution in [2.45, 2.75) is 51.5 Å². The topological polar surface area (TPSA) is 68.5 Å². The van der Waals surface area contributed by atoms with Crippen LogP contribution in [-0.4, -0.2) is 18.5 Å². The number of hydrogen-bond acceptors (Lipinski definition) is 3. The molecule has 0 aliphatic heterocycles. The molecular formula is C25H25F3O4S. The molecule has 0 saturated carbocycles. The second kappa shape index (κ2) is 8.91. The van der Waals surface area contributed by atoms with Crippen LogP contribution >= 0.6 is 0 Å². The number of fused-ring (bicyclic) bond motifs is 3. The van der Waals surface area contributed by atoms with Gasteiger partial charge < -0.3 is 4.55 Å². The Morgan fingerprint density at radius 2 is 1.45 bits per heavy atom. The highest BCUT2D eigenvalue weighted by Gasteiger charge is 2.38. The van der Waals surface area contributed by atoms with E-state index in [1.165, 1.54) is 33.4 Å². The largest absolute Gasteiger partial charge is 0.741 e. The average Bonchev–Trinajstić information content (AvgIpc) is 2.72. The minimum Gasteiger partial charge on any atom is -0.741 e. The van der Waals surface area contributed by atoms with Crippen LogP contribution in [0.4, 0.5) is 13.2 Å². The molecule has 0 saturated heterocycles. The highest BCUT2D eigenvalue weighted by atomic mass is 32.2. The van der Waals surface area contributed by atoms with E-state index in [9.17, 15) is 13.2 Å². The van der Waals surface area contributed by atoms with Crippen LogP contribution in [0.15, 0.2) is 59.0 Å². The van der Waals surface area contributed by atoms with Crippen LogP contribution in [0.3, 0.4) is 0 Å². The normalized spacial score (nSPS) is 13.5. The van der Waals surface area contributed by atoms with Gasteiger partial charge in [-0.1, -0.05) is 48.5 Å². The Morgan fingerprint density at radius 1 is 0.909 bits per heavy atom. The summed E-state index contributed by atoms with van der Waals surface area (Å²) in [7, 11) is -6.09. The van der Waals surface area contributed by atoms with Crippen LogP contribution in [0.5, 0.6) is 0 Å². The highest BCUT2D eigenvalue weighted by molar-refractivity contribution is 7.86. The Balaban J connectivity index is 0.000000331. The number of hydrogen-bond donors (Lipinski definition) is 0. The third kappa shape index (κ3) is 5.28. The average molecular weight is 479 g/mol. The summed E-state index contributed by atoms with van der Waals surface area (Å²) in [6.07, 6.45) is 2.11. The number of halogens is 3. The van der Waals surface area contributed by atoms with E-state index in [1.54, 1.807) is 0 Å².